The normalized spacial score (nSPS) is 17.4. The highest BCUT2D eigenvalue weighted by atomic mass is 79.9. The second kappa shape index (κ2) is 7.80. The van der Waals surface area contributed by atoms with Gasteiger partial charge in [0, 0.05) is 22.4 Å². The Morgan fingerprint density at radius 3 is 2.69 bits per heavy atom. The summed E-state index contributed by atoms with van der Waals surface area (Å²) in [4.78, 5) is 23.6. The van der Waals surface area contributed by atoms with Crippen molar-refractivity contribution >= 4 is 39.0 Å². The van der Waals surface area contributed by atoms with E-state index in [0.29, 0.717) is 4.53 Å². The Morgan fingerprint density at radius 1 is 1.03 bits per heavy atom. The first kappa shape index (κ1) is 19.6. The zero-order valence-electron chi connectivity index (χ0n) is 17.0. The highest BCUT2D eigenvalue weighted by molar-refractivity contribution is 9.10. The van der Waals surface area contributed by atoms with Gasteiger partial charge in [-0.15, -0.1) is 0 Å². The lowest BCUT2D eigenvalue weighted by Gasteiger charge is -2.30. The van der Waals surface area contributed by atoms with Crippen LogP contribution >= 0.6 is 27.3 Å². The lowest BCUT2D eigenvalue weighted by atomic mass is 9.83. The van der Waals surface area contributed by atoms with Crippen LogP contribution in [0, 0.1) is 0 Å². The first-order chi connectivity index (χ1) is 15.7. The first-order valence-electron chi connectivity index (χ1n) is 10.5. The molecule has 0 saturated carbocycles. The van der Waals surface area contributed by atoms with Gasteiger partial charge in [0.05, 0.1) is 16.3 Å². The average molecular weight is 500 g/mol. The van der Waals surface area contributed by atoms with Crippen LogP contribution in [-0.4, -0.2) is 9.55 Å². The third kappa shape index (κ3) is 3.22. The molecule has 0 spiro atoms. The summed E-state index contributed by atoms with van der Waals surface area (Å²) < 4.78 is 3.57. The molecule has 156 valence electrons. The van der Waals surface area contributed by atoms with E-state index in [1.54, 1.807) is 12.4 Å². The molecule has 0 N–H and O–H groups in total. The van der Waals surface area contributed by atoms with Crippen molar-refractivity contribution in [3.05, 3.63) is 125 Å². The van der Waals surface area contributed by atoms with Crippen LogP contribution in [0.3, 0.4) is 0 Å². The van der Waals surface area contributed by atoms with Crippen LogP contribution in [0.15, 0.2) is 92.9 Å². The fourth-order valence-corrected chi connectivity index (χ4v) is 5.85. The number of allylic oxidation sites excluding steroid dienone is 1. The molecule has 0 bridgehead atoms. The fourth-order valence-electron chi connectivity index (χ4n) is 4.58. The summed E-state index contributed by atoms with van der Waals surface area (Å²) in [6.07, 6.45) is 7.26. The minimum absolute atomic E-state index is 0.00377. The fraction of sp³-hybridized carbons (Fsp3) is 0.115. The highest BCUT2D eigenvalue weighted by Gasteiger charge is 2.32. The molecule has 0 fully saturated rings. The second-order valence-corrected chi connectivity index (χ2v) is 9.88. The Balaban J connectivity index is 1.64. The number of hydrogen-bond donors (Lipinski definition) is 0. The molecule has 1 aliphatic carbocycles. The molecule has 2 aromatic heterocycles. The SMILES string of the molecule is O=c1/c(=C/c2cccnc2)sc2n1[C@@H](c1ccc(Br)cc1)C1=C(N=2)c2ccccc2CC1. The Bertz CT molecular complexity index is 1550. The van der Waals surface area contributed by atoms with E-state index < -0.39 is 0 Å². The molecule has 2 aromatic carbocycles. The van der Waals surface area contributed by atoms with Gasteiger partial charge in [0.15, 0.2) is 4.80 Å². The number of nitrogens with zero attached hydrogens (tertiary/aromatic N) is 3. The quantitative estimate of drug-likeness (QED) is 0.408. The van der Waals surface area contributed by atoms with Gasteiger partial charge >= 0.3 is 0 Å². The summed E-state index contributed by atoms with van der Waals surface area (Å²) in [5.74, 6) is 0. The van der Waals surface area contributed by atoms with Crippen LogP contribution in [0.1, 0.15) is 34.7 Å². The Kier molecular flexibility index (Phi) is 4.77. The number of thiazole rings is 1. The molecule has 1 aliphatic heterocycles. The number of hydrogen-bond acceptors (Lipinski definition) is 4. The summed E-state index contributed by atoms with van der Waals surface area (Å²) in [6.45, 7) is 0. The highest BCUT2D eigenvalue weighted by Crippen LogP contribution is 2.41. The molecule has 0 saturated heterocycles. The van der Waals surface area contributed by atoms with Crippen molar-refractivity contribution in [3.8, 4) is 0 Å². The van der Waals surface area contributed by atoms with E-state index in [1.165, 1.54) is 28.0 Å². The van der Waals surface area contributed by atoms with Gasteiger partial charge in [-0.2, -0.15) is 0 Å². The molecule has 6 rings (SSSR count). The minimum atomic E-state index is -0.154. The maximum absolute atomic E-state index is 13.6. The summed E-state index contributed by atoms with van der Waals surface area (Å²) >= 11 is 4.98. The van der Waals surface area contributed by atoms with Crippen molar-refractivity contribution in [1.29, 1.82) is 0 Å². The zero-order chi connectivity index (χ0) is 21.7. The third-order valence-electron chi connectivity index (χ3n) is 6.04. The van der Waals surface area contributed by atoms with Crippen LogP contribution in [0.2, 0.25) is 0 Å². The molecule has 2 aliphatic rings. The Hall–Kier alpha value is -3.09. The van der Waals surface area contributed by atoms with Gasteiger partial charge in [0.2, 0.25) is 0 Å². The molecule has 6 heteroatoms. The van der Waals surface area contributed by atoms with E-state index in [-0.39, 0.29) is 11.6 Å². The van der Waals surface area contributed by atoms with Gasteiger partial charge in [-0.1, -0.05) is 69.7 Å². The summed E-state index contributed by atoms with van der Waals surface area (Å²) in [6, 6.07) is 20.4. The third-order valence-corrected chi connectivity index (χ3v) is 7.55. The van der Waals surface area contributed by atoms with E-state index in [0.717, 1.165) is 38.9 Å². The van der Waals surface area contributed by atoms with Gasteiger partial charge < -0.3 is 0 Å². The lowest BCUT2D eigenvalue weighted by molar-refractivity contribution is 0.585. The molecule has 0 radical (unpaired) electrons. The Morgan fingerprint density at radius 2 is 1.88 bits per heavy atom. The van der Waals surface area contributed by atoms with Crippen molar-refractivity contribution in [2.45, 2.75) is 18.9 Å². The monoisotopic (exact) mass is 499 g/mol. The summed E-state index contributed by atoms with van der Waals surface area (Å²) in [5, 5.41) is 0. The van der Waals surface area contributed by atoms with Crippen LogP contribution < -0.4 is 14.9 Å². The number of benzene rings is 2. The van der Waals surface area contributed by atoms with Crippen molar-refractivity contribution in [2.75, 3.05) is 0 Å². The molecule has 4 aromatic rings. The van der Waals surface area contributed by atoms with E-state index in [4.69, 9.17) is 4.99 Å². The predicted octanol–water partition coefficient (Wildman–Crippen LogP) is 4.48. The molecule has 0 unspecified atom stereocenters. The number of aromatic nitrogens is 2. The molecular formula is C26H18BrN3OS. The predicted molar refractivity (Wildman–Crippen MR) is 131 cm³/mol. The number of fused-ring (bicyclic) bond motifs is 3. The molecule has 4 nitrogen and oxygen atoms in total. The van der Waals surface area contributed by atoms with Crippen molar-refractivity contribution in [3.63, 3.8) is 0 Å². The van der Waals surface area contributed by atoms with Gasteiger partial charge in [-0.05, 0) is 59.4 Å². The number of halogens is 1. The van der Waals surface area contributed by atoms with E-state index in [9.17, 15) is 4.79 Å². The van der Waals surface area contributed by atoms with Gasteiger partial charge in [0.1, 0.15) is 0 Å². The largest absolute Gasteiger partial charge is 0.272 e. The van der Waals surface area contributed by atoms with Gasteiger partial charge in [-0.25, -0.2) is 4.99 Å². The minimum Gasteiger partial charge on any atom is -0.272 e. The van der Waals surface area contributed by atoms with Crippen molar-refractivity contribution < 1.29 is 0 Å². The molecule has 0 amide bonds. The van der Waals surface area contributed by atoms with Crippen molar-refractivity contribution in [2.24, 2.45) is 4.99 Å². The van der Waals surface area contributed by atoms with Crippen molar-refractivity contribution in [1.82, 2.24) is 9.55 Å². The van der Waals surface area contributed by atoms with Crippen LogP contribution in [0.25, 0.3) is 11.8 Å². The lowest BCUT2D eigenvalue weighted by Crippen LogP contribution is -2.38. The summed E-state index contributed by atoms with van der Waals surface area (Å²) in [7, 11) is 0. The van der Waals surface area contributed by atoms with Gasteiger partial charge in [-0.3, -0.25) is 14.3 Å². The number of rotatable bonds is 2. The molecular weight excluding hydrogens is 482 g/mol. The Labute approximate surface area is 197 Å². The zero-order valence-corrected chi connectivity index (χ0v) is 19.4. The summed E-state index contributed by atoms with van der Waals surface area (Å²) in [5.41, 5.74) is 6.74. The standard InChI is InChI=1S/C26H18BrN3OS/c27-19-10-7-18(8-11-19)24-21-12-9-17-5-1-2-6-20(17)23(21)29-26-30(24)25(31)22(32-26)14-16-4-3-13-28-15-16/h1-8,10-11,13-15,24H,9,12H2/b22-14-/t24-/m0/s1. The smallest absolute Gasteiger partial charge is 0.271 e. The topological polar surface area (TPSA) is 47.2 Å². The maximum Gasteiger partial charge on any atom is 0.271 e. The second-order valence-electron chi connectivity index (χ2n) is 7.95. The van der Waals surface area contributed by atoms with E-state index >= 15 is 0 Å². The van der Waals surface area contributed by atoms with Crippen LogP contribution in [0.4, 0.5) is 0 Å². The first-order valence-corrected chi connectivity index (χ1v) is 12.1. The van der Waals surface area contributed by atoms with Crippen LogP contribution in [-0.2, 0) is 6.42 Å². The average Bonchev–Trinajstić information content (AvgIpc) is 3.13. The maximum atomic E-state index is 13.6. The van der Waals surface area contributed by atoms with Crippen LogP contribution in [0.5, 0.6) is 0 Å². The number of pyridine rings is 1. The van der Waals surface area contributed by atoms with E-state index in [1.807, 2.05) is 34.9 Å². The molecule has 1 atom stereocenters. The van der Waals surface area contributed by atoms with Gasteiger partial charge in [0.25, 0.3) is 5.56 Å². The van der Waals surface area contributed by atoms with E-state index in [2.05, 4.69) is 57.3 Å². The molecule has 32 heavy (non-hydrogen) atoms. The molecule has 3 heterocycles. The number of aryl methyl sites for hydroxylation is 1.